The molecule has 0 bridgehead atoms. The van der Waals surface area contributed by atoms with E-state index in [9.17, 15) is 4.79 Å². The van der Waals surface area contributed by atoms with Crippen LogP contribution in [0.4, 0.5) is 16.4 Å². The van der Waals surface area contributed by atoms with Gasteiger partial charge in [0.1, 0.15) is 11.5 Å². The van der Waals surface area contributed by atoms with Crippen LogP contribution in [0.3, 0.4) is 0 Å². The number of methoxy groups -OCH3 is 1. The summed E-state index contributed by atoms with van der Waals surface area (Å²) in [6, 6.07) is 10.3. The first kappa shape index (κ1) is 15.0. The summed E-state index contributed by atoms with van der Waals surface area (Å²) in [6.45, 7) is 0. The van der Waals surface area contributed by atoms with Crippen molar-refractivity contribution in [1.82, 2.24) is 9.97 Å². The van der Waals surface area contributed by atoms with Crippen LogP contribution in [-0.2, 0) is 4.74 Å². The fourth-order valence-electron chi connectivity index (χ4n) is 1.97. The molecule has 3 rings (SSSR count). The molecule has 0 saturated carbocycles. The third-order valence-electron chi connectivity index (χ3n) is 3.07. The number of anilines is 2. The van der Waals surface area contributed by atoms with Gasteiger partial charge in [0.2, 0.25) is 5.95 Å². The molecule has 0 saturated heterocycles. The van der Waals surface area contributed by atoms with Crippen molar-refractivity contribution < 1.29 is 14.3 Å². The van der Waals surface area contributed by atoms with Gasteiger partial charge in [-0.25, -0.2) is 9.78 Å². The van der Waals surface area contributed by atoms with Crippen molar-refractivity contribution in [3.05, 3.63) is 41.4 Å². The molecule has 0 atom stereocenters. The number of carbonyl (C=O) groups excluding carboxylic acids is 1. The number of halogens is 1. The van der Waals surface area contributed by atoms with Gasteiger partial charge in [0.15, 0.2) is 0 Å². The summed E-state index contributed by atoms with van der Waals surface area (Å²) >= 11 is 5.97. The lowest BCUT2D eigenvalue weighted by molar-refractivity contribution is 0.186. The highest BCUT2D eigenvalue weighted by molar-refractivity contribution is 6.33. The standard InChI is InChI=1S/C15H13ClN4O3/c1-22-15(21)20-14-18-12-5-3-9(7-13(12)19-14)23-8-2-4-11(17)10(16)6-8/h2-7H,17H2,1H3,(H2,18,19,20,21). The summed E-state index contributed by atoms with van der Waals surface area (Å²) in [6.07, 6.45) is -0.600. The minimum absolute atomic E-state index is 0.291. The summed E-state index contributed by atoms with van der Waals surface area (Å²) < 4.78 is 10.3. The van der Waals surface area contributed by atoms with Gasteiger partial charge in [-0.3, -0.25) is 5.32 Å². The maximum absolute atomic E-state index is 11.2. The van der Waals surface area contributed by atoms with Gasteiger partial charge >= 0.3 is 6.09 Å². The molecule has 0 fully saturated rings. The van der Waals surface area contributed by atoms with Crippen LogP contribution in [0.15, 0.2) is 36.4 Å². The number of nitrogens with zero attached hydrogens (tertiary/aromatic N) is 1. The number of nitrogen functional groups attached to an aromatic ring is 1. The molecule has 0 spiro atoms. The Balaban J connectivity index is 1.84. The van der Waals surface area contributed by atoms with Crippen molar-refractivity contribution in [2.45, 2.75) is 0 Å². The predicted octanol–water partition coefficient (Wildman–Crippen LogP) is 3.77. The Morgan fingerprint density at radius 2 is 2.00 bits per heavy atom. The number of nitrogens with two attached hydrogens (primary N) is 1. The van der Waals surface area contributed by atoms with Gasteiger partial charge in [-0.15, -0.1) is 0 Å². The van der Waals surface area contributed by atoms with E-state index < -0.39 is 6.09 Å². The van der Waals surface area contributed by atoms with Gasteiger partial charge in [-0.1, -0.05) is 11.6 Å². The number of aromatic nitrogens is 2. The molecule has 1 amide bonds. The number of imidazole rings is 1. The van der Waals surface area contributed by atoms with Crippen molar-refractivity contribution >= 4 is 40.4 Å². The molecule has 0 aliphatic carbocycles. The molecule has 1 heterocycles. The van der Waals surface area contributed by atoms with E-state index in [-0.39, 0.29) is 0 Å². The van der Waals surface area contributed by atoms with Crippen molar-refractivity contribution in [3.8, 4) is 11.5 Å². The Morgan fingerprint density at radius 3 is 2.74 bits per heavy atom. The smallest absolute Gasteiger partial charge is 0.413 e. The first-order valence-corrected chi connectivity index (χ1v) is 7.00. The van der Waals surface area contributed by atoms with Crippen molar-refractivity contribution in [2.24, 2.45) is 0 Å². The SMILES string of the molecule is COC(=O)Nc1nc2ccc(Oc3ccc(N)c(Cl)c3)cc2[nH]1. The zero-order valence-electron chi connectivity index (χ0n) is 12.1. The van der Waals surface area contributed by atoms with Crippen LogP contribution >= 0.6 is 11.6 Å². The maximum Gasteiger partial charge on any atom is 0.413 e. The van der Waals surface area contributed by atoms with E-state index in [0.29, 0.717) is 39.2 Å². The minimum Gasteiger partial charge on any atom is -0.457 e. The summed E-state index contributed by atoms with van der Waals surface area (Å²) in [5.41, 5.74) is 7.54. The number of nitrogens with one attached hydrogen (secondary N) is 2. The monoisotopic (exact) mass is 332 g/mol. The highest BCUT2D eigenvalue weighted by atomic mass is 35.5. The molecule has 2 aromatic carbocycles. The van der Waals surface area contributed by atoms with Crippen LogP contribution in [0.5, 0.6) is 11.5 Å². The average Bonchev–Trinajstić information content (AvgIpc) is 2.92. The van der Waals surface area contributed by atoms with Crippen LogP contribution in [0.2, 0.25) is 5.02 Å². The zero-order chi connectivity index (χ0) is 16.4. The molecule has 7 nitrogen and oxygen atoms in total. The van der Waals surface area contributed by atoms with Gasteiger partial charge in [-0.05, 0) is 24.3 Å². The van der Waals surface area contributed by atoms with Gasteiger partial charge in [-0.2, -0.15) is 0 Å². The number of amides is 1. The summed E-state index contributed by atoms with van der Waals surface area (Å²) in [7, 11) is 1.28. The van der Waals surface area contributed by atoms with Crippen LogP contribution in [0, 0.1) is 0 Å². The second-order valence-electron chi connectivity index (χ2n) is 4.67. The molecular weight excluding hydrogens is 320 g/mol. The molecule has 118 valence electrons. The lowest BCUT2D eigenvalue weighted by Gasteiger charge is -2.06. The quantitative estimate of drug-likeness (QED) is 0.633. The van der Waals surface area contributed by atoms with Crippen LogP contribution < -0.4 is 15.8 Å². The van der Waals surface area contributed by atoms with E-state index in [4.69, 9.17) is 22.1 Å². The normalized spacial score (nSPS) is 10.5. The Bertz CT molecular complexity index is 878. The summed E-state index contributed by atoms with van der Waals surface area (Å²) in [5.74, 6) is 1.45. The van der Waals surface area contributed by atoms with E-state index in [1.54, 1.807) is 36.4 Å². The van der Waals surface area contributed by atoms with E-state index in [1.165, 1.54) is 7.11 Å². The number of carbonyl (C=O) groups is 1. The molecule has 0 unspecified atom stereocenters. The van der Waals surface area contributed by atoms with Crippen LogP contribution in [0.25, 0.3) is 11.0 Å². The third-order valence-corrected chi connectivity index (χ3v) is 3.39. The maximum atomic E-state index is 11.2. The Labute approximate surface area is 136 Å². The van der Waals surface area contributed by atoms with E-state index in [1.807, 2.05) is 0 Å². The number of fused-ring (bicyclic) bond motifs is 1. The fraction of sp³-hybridized carbons (Fsp3) is 0.0667. The minimum atomic E-state index is -0.600. The summed E-state index contributed by atoms with van der Waals surface area (Å²) in [5, 5.41) is 2.89. The van der Waals surface area contributed by atoms with Crippen molar-refractivity contribution in [2.75, 3.05) is 18.2 Å². The number of hydrogen-bond donors (Lipinski definition) is 3. The molecule has 1 aromatic heterocycles. The largest absolute Gasteiger partial charge is 0.457 e. The van der Waals surface area contributed by atoms with Crippen molar-refractivity contribution in [3.63, 3.8) is 0 Å². The van der Waals surface area contributed by atoms with Gasteiger partial charge < -0.3 is 20.2 Å². The Morgan fingerprint density at radius 1 is 1.26 bits per heavy atom. The van der Waals surface area contributed by atoms with E-state index >= 15 is 0 Å². The molecule has 3 aromatic rings. The molecule has 8 heteroatoms. The fourth-order valence-corrected chi connectivity index (χ4v) is 2.14. The van der Waals surface area contributed by atoms with Crippen LogP contribution in [0.1, 0.15) is 0 Å². The van der Waals surface area contributed by atoms with Crippen molar-refractivity contribution in [1.29, 1.82) is 0 Å². The molecule has 0 aliphatic rings. The molecule has 0 radical (unpaired) electrons. The van der Waals surface area contributed by atoms with Gasteiger partial charge in [0.25, 0.3) is 0 Å². The Kier molecular flexibility index (Phi) is 3.94. The third kappa shape index (κ3) is 3.29. The molecular formula is C15H13ClN4O3. The lowest BCUT2D eigenvalue weighted by Crippen LogP contribution is -2.11. The molecule has 0 aliphatic heterocycles. The van der Waals surface area contributed by atoms with E-state index in [0.717, 1.165) is 0 Å². The number of aromatic amines is 1. The van der Waals surface area contributed by atoms with Crippen LogP contribution in [-0.4, -0.2) is 23.2 Å². The number of H-pyrrole nitrogens is 1. The second kappa shape index (κ2) is 6.05. The number of rotatable bonds is 3. The van der Waals surface area contributed by atoms with Gasteiger partial charge in [0.05, 0.1) is 28.9 Å². The average molecular weight is 333 g/mol. The lowest BCUT2D eigenvalue weighted by atomic mass is 10.3. The second-order valence-corrected chi connectivity index (χ2v) is 5.07. The molecule has 23 heavy (non-hydrogen) atoms. The predicted molar refractivity (Wildman–Crippen MR) is 88.1 cm³/mol. The molecule has 4 N–H and O–H groups in total. The highest BCUT2D eigenvalue weighted by Crippen LogP contribution is 2.29. The topological polar surface area (TPSA) is 102 Å². The zero-order valence-corrected chi connectivity index (χ0v) is 12.8. The van der Waals surface area contributed by atoms with Gasteiger partial charge in [0, 0.05) is 12.1 Å². The summed E-state index contributed by atoms with van der Waals surface area (Å²) in [4.78, 5) is 18.4. The Hall–Kier alpha value is -2.93. The highest BCUT2D eigenvalue weighted by Gasteiger charge is 2.08. The van der Waals surface area contributed by atoms with E-state index in [2.05, 4.69) is 20.0 Å². The first-order valence-electron chi connectivity index (χ1n) is 6.63. The number of benzene rings is 2. The number of hydrogen-bond acceptors (Lipinski definition) is 5. The first-order chi connectivity index (χ1) is 11.0. The number of ether oxygens (including phenoxy) is 2.